The third kappa shape index (κ3) is 3.02. The Kier molecular flexibility index (Phi) is 5.54. The first-order valence-corrected chi connectivity index (χ1v) is 5.72. The minimum Gasteiger partial charge on any atom is -0.495 e. The fourth-order valence-electron chi connectivity index (χ4n) is 1.49. The molecule has 0 atom stereocenters. The zero-order chi connectivity index (χ0) is 12.8. The number of hydrogen-bond donors (Lipinski definition) is 1. The third-order valence-corrected chi connectivity index (χ3v) is 2.97. The number of halogens is 1. The second-order valence-electron chi connectivity index (χ2n) is 3.14. The van der Waals surface area contributed by atoms with Crippen LogP contribution in [0.3, 0.4) is 0 Å². The van der Waals surface area contributed by atoms with Crippen molar-refractivity contribution in [3.05, 3.63) is 16.1 Å². The third-order valence-electron chi connectivity index (χ3n) is 2.25. The zero-order valence-corrected chi connectivity index (χ0v) is 11.9. The number of methoxy groups -OCH3 is 3. The average Bonchev–Trinajstić information content (AvgIpc) is 2.35. The van der Waals surface area contributed by atoms with Crippen molar-refractivity contribution in [2.45, 2.75) is 6.54 Å². The summed E-state index contributed by atoms with van der Waals surface area (Å²) in [6, 6.07) is 1.84. The van der Waals surface area contributed by atoms with E-state index >= 15 is 0 Å². The number of ether oxygens (including phenoxy) is 3. The molecular weight excluding hydrogens is 290 g/mol. The predicted molar refractivity (Wildman–Crippen MR) is 67.6 cm³/mol. The molecule has 0 saturated carbocycles. The van der Waals surface area contributed by atoms with Gasteiger partial charge in [-0.1, -0.05) is 0 Å². The van der Waals surface area contributed by atoms with Gasteiger partial charge in [-0.25, -0.2) is 0 Å². The van der Waals surface area contributed by atoms with Crippen molar-refractivity contribution in [1.29, 1.82) is 0 Å². The van der Waals surface area contributed by atoms with Gasteiger partial charge in [0, 0.05) is 12.1 Å². The Morgan fingerprint density at radius 1 is 1.06 bits per heavy atom. The SMILES string of the molecule is CONCc1cc(OC)c(OC)c(Br)c1OC. The van der Waals surface area contributed by atoms with Crippen molar-refractivity contribution >= 4 is 15.9 Å². The number of hydrogen-bond acceptors (Lipinski definition) is 5. The molecule has 0 aliphatic heterocycles. The molecule has 0 aliphatic carbocycles. The number of rotatable bonds is 6. The number of benzene rings is 1. The standard InChI is InChI=1S/C11H16BrNO4/c1-14-8-5-7(6-13-17-4)10(15-2)9(12)11(8)16-3/h5,13H,6H2,1-4H3. The van der Waals surface area contributed by atoms with Crippen molar-refractivity contribution in [3.63, 3.8) is 0 Å². The van der Waals surface area contributed by atoms with Crippen molar-refractivity contribution < 1.29 is 19.0 Å². The van der Waals surface area contributed by atoms with Crippen LogP contribution < -0.4 is 19.7 Å². The highest BCUT2D eigenvalue weighted by atomic mass is 79.9. The molecule has 5 nitrogen and oxygen atoms in total. The lowest BCUT2D eigenvalue weighted by Gasteiger charge is -2.16. The van der Waals surface area contributed by atoms with Crippen LogP contribution in [0.15, 0.2) is 10.5 Å². The fraction of sp³-hybridized carbons (Fsp3) is 0.455. The van der Waals surface area contributed by atoms with E-state index in [9.17, 15) is 0 Å². The summed E-state index contributed by atoms with van der Waals surface area (Å²) in [6.45, 7) is 0.499. The molecular formula is C11H16BrNO4. The van der Waals surface area contributed by atoms with Gasteiger partial charge in [0.2, 0.25) is 0 Å². The highest BCUT2D eigenvalue weighted by molar-refractivity contribution is 9.10. The van der Waals surface area contributed by atoms with Gasteiger partial charge in [0.05, 0.1) is 28.4 Å². The van der Waals surface area contributed by atoms with Crippen LogP contribution in [-0.2, 0) is 11.4 Å². The zero-order valence-electron chi connectivity index (χ0n) is 10.3. The van der Waals surface area contributed by atoms with Crippen LogP contribution in [0.25, 0.3) is 0 Å². The Bertz CT molecular complexity index is 384. The van der Waals surface area contributed by atoms with Gasteiger partial charge in [-0.2, -0.15) is 5.48 Å². The van der Waals surface area contributed by atoms with E-state index in [1.165, 1.54) is 0 Å². The normalized spacial score (nSPS) is 10.2. The summed E-state index contributed by atoms with van der Waals surface area (Å²) in [5.41, 5.74) is 3.66. The highest BCUT2D eigenvalue weighted by Crippen LogP contribution is 2.44. The molecule has 1 aromatic rings. The molecule has 1 rings (SSSR count). The molecule has 0 radical (unpaired) electrons. The van der Waals surface area contributed by atoms with E-state index in [-0.39, 0.29) is 0 Å². The van der Waals surface area contributed by atoms with E-state index in [1.54, 1.807) is 28.4 Å². The Labute approximate surface area is 109 Å². The van der Waals surface area contributed by atoms with Gasteiger partial charge >= 0.3 is 0 Å². The van der Waals surface area contributed by atoms with Crippen LogP contribution in [0, 0.1) is 0 Å². The largest absolute Gasteiger partial charge is 0.495 e. The predicted octanol–water partition coefficient (Wildman–Crippen LogP) is 2.13. The van der Waals surface area contributed by atoms with Crippen LogP contribution >= 0.6 is 15.9 Å². The van der Waals surface area contributed by atoms with Crippen molar-refractivity contribution in [1.82, 2.24) is 5.48 Å². The quantitative estimate of drug-likeness (QED) is 0.816. The summed E-state index contributed by atoms with van der Waals surface area (Å²) in [4.78, 5) is 4.82. The summed E-state index contributed by atoms with van der Waals surface area (Å²) in [5.74, 6) is 1.92. The Morgan fingerprint density at radius 2 is 1.71 bits per heavy atom. The maximum absolute atomic E-state index is 5.34. The first kappa shape index (κ1) is 14.1. The average molecular weight is 306 g/mol. The second kappa shape index (κ2) is 6.68. The van der Waals surface area contributed by atoms with Gasteiger partial charge < -0.3 is 19.0 Å². The van der Waals surface area contributed by atoms with E-state index in [1.807, 2.05) is 6.07 Å². The lowest BCUT2D eigenvalue weighted by atomic mass is 10.1. The van der Waals surface area contributed by atoms with E-state index < -0.39 is 0 Å². The van der Waals surface area contributed by atoms with Gasteiger partial charge in [0.1, 0.15) is 10.2 Å². The molecule has 0 aliphatic rings. The van der Waals surface area contributed by atoms with Gasteiger partial charge in [0.25, 0.3) is 0 Å². The molecule has 17 heavy (non-hydrogen) atoms. The minimum absolute atomic E-state index is 0.499. The van der Waals surface area contributed by atoms with Crippen LogP contribution in [0.5, 0.6) is 17.2 Å². The summed E-state index contributed by atoms with van der Waals surface area (Å²) in [6.07, 6.45) is 0. The van der Waals surface area contributed by atoms with Crippen LogP contribution in [0.4, 0.5) is 0 Å². The summed E-state index contributed by atoms with van der Waals surface area (Å²) >= 11 is 3.44. The Balaban J connectivity index is 3.24. The van der Waals surface area contributed by atoms with E-state index in [4.69, 9.17) is 19.0 Å². The molecule has 0 bridgehead atoms. The summed E-state index contributed by atoms with van der Waals surface area (Å²) in [7, 11) is 6.32. The molecule has 6 heteroatoms. The van der Waals surface area contributed by atoms with Crippen molar-refractivity contribution in [2.24, 2.45) is 0 Å². The van der Waals surface area contributed by atoms with Crippen molar-refractivity contribution in [2.75, 3.05) is 28.4 Å². The smallest absolute Gasteiger partial charge is 0.178 e. The fourth-order valence-corrected chi connectivity index (χ4v) is 2.26. The Morgan fingerprint density at radius 3 is 2.18 bits per heavy atom. The highest BCUT2D eigenvalue weighted by Gasteiger charge is 2.18. The minimum atomic E-state index is 0.499. The monoisotopic (exact) mass is 305 g/mol. The molecule has 1 N–H and O–H groups in total. The van der Waals surface area contributed by atoms with E-state index in [0.29, 0.717) is 23.8 Å². The Hall–Kier alpha value is -0.980. The lowest BCUT2D eigenvalue weighted by molar-refractivity contribution is 0.0860. The molecule has 0 unspecified atom stereocenters. The molecule has 96 valence electrons. The molecule has 0 heterocycles. The van der Waals surface area contributed by atoms with Crippen molar-refractivity contribution in [3.8, 4) is 17.2 Å². The van der Waals surface area contributed by atoms with Gasteiger partial charge in [-0.3, -0.25) is 0 Å². The lowest BCUT2D eigenvalue weighted by Crippen LogP contribution is -2.12. The van der Waals surface area contributed by atoms with E-state index in [0.717, 1.165) is 10.0 Å². The number of nitrogens with one attached hydrogen (secondary N) is 1. The van der Waals surface area contributed by atoms with Crippen LogP contribution in [0.1, 0.15) is 5.56 Å². The molecule has 0 amide bonds. The molecule has 0 spiro atoms. The molecule has 1 aromatic carbocycles. The summed E-state index contributed by atoms with van der Waals surface area (Å²) < 4.78 is 16.6. The second-order valence-corrected chi connectivity index (χ2v) is 3.94. The van der Waals surface area contributed by atoms with Gasteiger partial charge in [0.15, 0.2) is 11.5 Å². The summed E-state index contributed by atoms with van der Waals surface area (Å²) in [5, 5.41) is 0. The topological polar surface area (TPSA) is 49.0 Å². The maximum Gasteiger partial charge on any atom is 0.178 e. The number of hydroxylamine groups is 1. The first-order valence-electron chi connectivity index (χ1n) is 4.92. The van der Waals surface area contributed by atoms with Crippen LogP contribution in [-0.4, -0.2) is 28.4 Å². The van der Waals surface area contributed by atoms with E-state index in [2.05, 4.69) is 21.4 Å². The molecule has 0 saturated heterocycles. The van der Waals surface area contributed by atoms with Gasteiger partial charge in [-0.05, 0) is 22.0 Å². The van der Waals surface area contributed by atoms with Crippen LogP contribution in [0.2, 0.25) is 0 Å². The molecule has 0 fully saturated rings. The van der Waals surface area contributed by atoms with Gasteiger partial charge in [-0.15, -0.1) is 0 Å². The first-order chi connectivity index (χ1) is 8.19. The molecule has 0 aromatic heterocycles. The maximum atomic E-state index is 5.34.